The maximum Gasteiger partial charge on any atom is 0.327 e. The van der Waals surface area contributed by atoms with Crippen molar-refractivity contribution in [3.63, 3.8) is 0 Å². The standard InChI is InChI=1S/C11H10BrN3O/c12-10-4-2-1-3-9(10)7-14-11(16)15-6-5-13-8-15/h1-6,8H,7H2,(H,14,16). The van der Waals surface area contributed by atoms with Crippen molar-refractivity contribution in [2.45, 2.75) is 6.54 Å². The Morgan fingerprint density at radius 1 is 1.44 bits per heavy atom. The molecule has 0 unspecified atom stereocenters. The van der Waals surface area contributed by atoms with Gasteiger partial charge in [-0.1, -0.05) is 34.1 Å². The van der Waals surface area contributed by atoms with Crippen molar-refractivity contribution in [2.24, 2.45) is 0 Å². The summed E-state index contributed by atoms with van der Waals surface area (Å²) in [6.07, 6.45) is 4.64. The highest BCUT2D eigenvalue weighted by Crippen LogP contribution is 2.15. The summed E-state index contributed by atoms with van der Waals surface area (Å²) < 4.78 is 2.39. The SMILES string of the molecule is O=C(NCc1ccccc1Br)n1ccnc1. The summed E-state index contributed by atoms with van der Waals surface area (Å²) in [5.41, 5.74) is 1.04. The van der Waals surface area contributed by atoms with Crippen LogP contribution in [0.25, 0.3) is 0 Å². The Kier molecular flexibility index (Phi) is 3.36. The molecule has 5 heteroatoms. The molecule has 2 rings (SSSR count). The zero-order valence-corrected chi connectivity index (χ0v) is 10.0. The lowest BCUT2D eigenvalue weighted by Gasteiger charge is -2.06. The molecule has 0 atom stereocenters. The maximum absolute atomic E-state index is 11.6. The molecule has 4 nitrogen and oxygen atoms in total. The van der Waals surface area contributed by atoms with Crippen molar-refractivity contribution < 1.29 is 4.79 Å². The van der Waals surface area contributed by atoms with Crippen LogP contribution >= 0.6 is 15.9 Å². The van der Waals surface area contributed by atoms with E-state index >= 15 is 0 Å². The number of benzene rings is 1. The average Bonchev–Trinajstić information content (AvgIpc) is 2.81. The van der Waals surface area contributed by atoms with Crippen LogP contribution in [0.3, 0.4) is 0 Å². The number of amides is 1. The van der Waals surface area contributed by atoms with E-state index in [1.54, 1.807) is 12.4 Å². The fourth-order valence-corrected chi connectivity index (χ4v) is 1.71. The normalized spacial score (nSPS) is 10.1. The van der Waals surface area contributed by atoms with Crippen LogP contribution in [-0.4, -0.2) is 15.6 Å². The Morgan fingerprint density at radius 3 is 2.94 bits per heavy atom. The molecule has 0 aliphatic rings. The lowest BCUT2D eigenvalue weighted by Crippen LogP contribution is -2.27. The highest BCUT2D eigenvalue weighted by molar-refractivity contribution is 9.10. The highest BCUT2D eigenvalue weighted by Gasteiger charge is 2.04. The molecular formula is C11H10BrN3O. The van der Waals surface area contributed by atoms with Gasteiger partial charge in [0.25, 0.3) is 0 Å². The first kappa shape index (κ1) is 10.9. The van der Waals surface area contributed by atoms with E-state index in [1.165, 1.54) is 10.9 Å². The number of imidazole rings is 1. The van der Waals surface area contributed by atoms with Crippen LogP contribution in [0.1, 0.15) is 5.56 Å². The number of rotatable bonds is 2. The summed E-state index contributed by atoms with van der Waals surface area (Å²) in [7, 11) is 0. The molecule has 0 spiro atoms. The number of hydrogen-bond donors (Lipinski definition) is 1. The second-order valence-corrected chi connectivity index (χ2v) is 4.07. The van der Waals surface area contributed by atoms with E-state index in [-0.39, 0.29) is 6.03 Å². The Balaban J connectivity index is 1.98. The van der Waals surface area contributed by atoms with Gasteiger partial charge in [0.1, 0.15) is 6.33 Å². The fraction of sp³-hybridized carbons (Fsp3) is 0.0909. The molecule has 1 aromatic carbocycles. The Bertz CT molecular complexity index is 482. The maximum atomic E-state index is 11.6. The molecule has 1 amide bonds. The largest absolute Gasteiger partial charge is 0.333 e. The van der Waals surface area contributed by atoms with Gasteiger partial charge in [-0.15, -0.1) is 0 Å². The van der Waals surface area contributed by atoms with Gasteiger partial charge >= 0.3 is 6.03 Å². The van der Waals surface area contributed by atoms with Crippen LogP contribution in [-0.2, 0) is 6.54 Å². The van der Waals surface area contributed by atoms with E-state index in [2.05, 4.69) is 26.2 Å². The third kappa shape index (κ3) is 2.49. The van der Waals surface area contributed by atoms with Gasteiger partial charge in [0.15, 0.2) is 0 Å². The molecule has 0 bridgehead atoms. The summed E-state index contributed by atoms with van der Waals surface area (Å²) in [5.74, 6) is 0. The quantitative estimate of drug-likeness (QED) is 0.918. The van der Waals surface area contributed by atoms with Crippen LogP contribution in [0.4, 0.5) is 4.79 Å². The molecule has 1 aromatic heterocycles. The van der Waals surface area contributed by atoms with Crippen molar-refractivity contribution in [1.29, 1.82) is 0 Å². The number of hydrogen-bond acceptors (Lipinski definition) is 2. The number of halogens is 1. The minimum absolute atomic E-state index is 0.187. The van der Waals surface area contributed by atoms with Crippen LogP contribution in [0.15, 0.2) is 47.5 Å². The fourth-order valence-electron chi connectivity index (χ4n) is 1.28. The van der Waals surface area contributed by atoms with Crippen molar-refractivity contribution in [3.05, 3.63) is 53.0 Å². The number of nitrogens with zero attached hydrogens (tertiary/aromatic N) is 2. The number of carbonyl (C=O) groups excluding carboxylic acids is 1. The van der Waals surface area contributed by atoms with Crippen LogP contribution in [0.2, 0.25) is 0 Å². The molecule has 0 saturated heterocycles. The third-order valence-corrected chi connectivity index (χ3v) is 2.90. The van der Waals surface area contributed by atoms with Gasteiger partial charge in [-0.2, -0.15) is 0 Å². The number of carbonyl (C=O) groups is 1. The van der Waals surface area contributed by atoms with E-state index in [4.69, 9.17) is 0 Å². The lowest BCUT2D eigenvalue weighted by molar-refractivity contribution is 0.242. The van der Waals surface area contributed by atoms with E-state index in [1.807, 2.05) is 24.3 Å². The summed E-state index contributed by atoms with van der Waals surface area (Å²) in [6.45, 7) is 0.485. The number of aromatic nitrogens is 2. The first-order chi connectivity index (χ1) is 7.77. The van der Waals surface area contributed by atoms with Crippen LogP contribution in [0, 0.1) is 0 Å². The van der Waals surface area contributed by atoms with Crippen molar-refractivity contribution in [3.8, 4) is 0 Å². The average molecular weight is 280 g/mol. The van der Waals surface area contributed by atoms with Crippen LogP contribution in [0.5, 0.6) is 0 Å². The zero-order chi connectivity index (χ0) is 11.4. The molecule has 0 fully saturated rings. The van der Waals surface area contributed by atoms with Gasteiger partial charge in [0, 0.05) is 23.4 Å². The Labute approximate surface area is 101 Å². The van der Waals surface area contributed by atoms with Gasteiger partial charge in [-0.25, -0.2) is 9.78 Å². The van der Waals surface area contributed by atoms with Crippen LogP contribution < -0.4 is 5.32 Å². The summed E-state index contributed by atoms with van der Waals surface area (Å²) in [4.78, 5) is 15.4. The van der Waals surface area contributed by atoms with E-state index in [9.17, 15) is 4.79 Å². The minimum Gasteiger partial charge on any atom is -0.333 e. The van der Waals surface area contributed by atoms with Crippen molar-refractivity contribution in [2.75, 3.05) is 0 Å². The molecule has 16 heavy (non-hydrogen) atoms. The topological polar surface area (TPSA) is 46.9 Å². The molecule has 0 saturated carbocycles. The first-order valence-electron chi connectivity index (χ1n) is 4.77. The van der Waals surface area contributed by atoms with E-state index in [0.717, 1.165) is 10.0 Å². The summed E-state index contributed by atoms with van der Waals surface area (Å²) in [5, 5.41) is 2.80. The summed E-state index contributed by atoms with van der Waals surface area (Å²) >= 11 is 3.42. The minimum atomic E-state index is -0.187. The molecule has 1 heterocycles. The van der Waals surface area contributed by atoms with Crippen molar-refractivity contribution in [1.82, 2.24) is 14.9 Å². The Morgan fingerprint density at radius 2 is 2.25 bits per heavy atom. The highest BCUT2D eigenvalue weighted by atomic mass is 79.9. The molecule has 82 valence electrons. The molecule has 0 radical (unpaired) electrons. The molecular weight excluding hydrogens is 270 g/mol. The molecule has 2 aromatic rings. The first-order valence-corrected chi connectivity index (χ1v) is 5.56. The monoisotopic (exact) mass is 279 g/mol. The van der Waals surface area contributed by atoms with Gasteiger partial charge in [-0.3, -0.25) is 4.57 Å². The van der Waals surface area contributed by atoms with Gasteiger partial charge < -0.3 is 5.32 Å². The Hall–Kier alpha value is -1.62. The smallest absolute Gasteiger partial charge is 0.327 e. The van der Waals surface area contributed by atoms with Gasteiger partial charge in [-0.05, 0) is 11.6 Å². The second kappa shape index (κ2) is 4.94. The van der Waals surface area contributed by atoms with Gasteiger partial charge in [0.05, 0.1) is 0 Å². The predicted molar refractivity (Wildman–Crippen MR) is 64.0 cm³/mol. The van der Waals surface area contributed by atoms with Crippen molar-refractivity contribution >= 4 is 22.0 Å². The van der Waals surface area contributed by atoms with E-state index in [0.29, 0.717) is 6.54 Å². The zero-order valence-electron chi connectivity index (χ0n) is 8.43. The second-order valence-electron chi connectivity index (χ2n) is 3.22. The molecule has 0 aliphatic heterocycles. The third-order valence-electron chi connectivity index (χ3n) is 2.13. The molecule has 1 N–H and O–H groups in total. The van der Waals surface area contributed by atoms with E-state index < -0.39 is 0 Å². The van der Waals surface area contributed by atoms with Gasteiger partial charge in [0.2, 0.25) is 0 Å². The predicted octanol–water partition coefficient (Wildman–Crippen LogP) is 2.40. The number of nitrogens with one attached hydrogen (secondary N) is 1. The lowest BCUT2D eigenvalue weighted by atomic mass is 10.2. The molecule has 0 aliphatic carbocycles. The summed E-state index contributed by atoms with van der Waals surface area (Å²) in [6, 6.07) is 7.58.